The van der Waals surface area contributed by atoms with Crippen LogP contribution in [0.4, 0.5) is 18.9 Å². The number of anilines is 1. The molecule has 1 unspecified atom stereocenters. The van der Waals surface area contributed by atoms with Crippen molar-refractivity contribution in [2.45, 2.75) is 29.8 Å². The van der Waals surface area contributed by atoms with E-state index in [9.17, 15) is 18.0 Å². The number of aliphatic carboxylic acids is 1. The SMILES string of the molecule is CCC(Nc1ccc(SC(F)(F)F)cc1)C(=O)O. The fraction of sp³-hybridized carbons (Fsp3) is 0.364. The summed E-state index contributed by atoms with van der Waals surface area (Å²) in [6.07, 6.45) is 0.383. The van der Waals surface area contributed by atoms with E-state index in [4.69, 9.17) is 5.11 Å². The first-order valence-corrected chi connectivity index (χ1v) is 5.98. The number of hydrogen-bond acceptors (Lipinski definition) is 3. The van der Waals surface area contributed by atoms with E-state index in [0.717, 1.165) is 0 Å². The van der Waals surface area contributed by atoms with Gasteiger partial charge in [-0.05, 0) is 42.4 Å². The summed E-state index contributed by atoms with van der Waals surface area (Å²) in [7, 11) is 0. The Morgan fingerprint density at radius 2 is 1.94 bits per heavy atom. The summed E-state index contributed by atoms with van der Waals surface area (Å²) < 4.78 is 36.2. The van der Waals surface area contributed by atoms with Crippen molar-refractivity contribution in [1.82, 2.24) is 0 Å². The highest BCUT2D eigenvalue weighted by Crippen LogP contribution is 2.37. The summed E-state index contributed by atoms with van der Waals surface area (Å²) in [6.45, 7) is 1.71. The van der Waals surface area contributed by atoms with E-state index in [2.05, 4.69) is 5.32 Å². The molecule has 1 aromatic rings. The molecule has 0 saturated heterocycles. The second-order valence-corrected chi connectivity index (χ2v) is 4.65. The molecule has 0 aliphatic heterocycles. The third kappa shape index (κ3) is 4.87. The topological polar surface area (TPSA) is 49.3 Å². The average Bonchev–Trinajstić information content (AvgIpc) is 2.25. The Morgan fingerprint density at radius 3 is 2.33 bits per heavy atom. The molecular weight excluding hydrogens is 267 g/mol. The van der Waals surface area contributed by atoms with E-state index in [1.54, 1.807) is 6.92 Å². The number of hydrogen-bond donors (Lipinski definition) is 2. The van der Waals surface area contributed by atoms with Crippen molar-refractivity contribution in [1.29, 1.82) is 0 Å². The van der Waals surface area contributed by atoms with Crippen molar-refractivity contribution >= 4 is 23.4 Å². The number of nitrogens with one attached hydrogen (secondary N) is 1. The molecule has 0 amide bonds. The Kier molecular flexibility index (Phi) is 4.89. The van der Waals surface area contributed by atoms with Gasteiger partial charge >= 0.3 is 11.5 Å². The fourth-order valence-electron chi connectivity index (χ4n) is 1.29. The third-order valence-corrected chi connectivity index (χ3v) is 2.87. The van der Waals surface area contributed by atoms with Gasteiger partial charge in [0.1, 0.15) is 6.04 Å². The van der Waals surface area contributed by atoms with Crippen molar-refractivity contribution in [3.8, 4) is 0 Å². The molecule has 0 saturated carbocycles. The molecule has 1 aromatic carbocycles. The van der Waals surface area contributed by atoms with Gasteiger partial charge in [0.05, 0.1) is 0 Å². The van der Waals surface area contributed by atoms with Crippen LogP contribution in [0, 0.1) is 0 Å². The number of alkyl halides is 3. The summed E-state index contributed by atoms with van der Waals surface area (Å²) in [5, 5.41) is 11.6. The van der Waals surface area contributed by atoms with Gasteiger partial charge in [0.15, 0.2) is 0 Å². The Morgan fingerprint density at radius 1 is 1.39 bits per heavy atom. The maximum atomic E-state index is 12.1. The third-order valence-electron chi connectivity index (χ3n) is 2.14. The second-order valence-electron chi connectivity index (χ2n) is 3.52. The second kappa shape index (κ2) is 5.99. The van der Waals surface area contributed by atoms with Gasteiger partial charge < -0.3 is 10.4 Å². The van der Waals surface area contributed by atoms with Crippen LogP contribution >= 0.6 is 11.8 Å². The Hall–Kier alpha value is -1.37. The number of halogens is 3. The van der Waals surface area contributed by atoms with E-state index in [1.165, 1.54) is 24.3 Å². The zero-order valence-corrected chi connectivity index (χ0v) is 10.3. The van der Waals surface area contributed by atoms with Gasteiger partial charge in [0, 0.05) is 10.6 Å². The quantitative estimate of drug-likeness (QED) is 0.809. The first-order valence-electron chi connectivity index (χ1n) is 5.17. The largest absolute Gasteiger partial charge is 0.480 e. The number of carboxylic acids is 1. The highest BCUT2D eigenvalue weighted by Gasteiger charge is 2.29. The number of benzene rings is 1. The summed E-state index contributed by atoms with van der Waals surface area (Å²) in [5.74, 6) is -0.994. The van der Waals surface area contributed by atoms with Crippen molar-refractivity contribution < 1.29 is 23.1 Å². The minimum atomic E-state index is -4.32. The molecule has 18 heavy (non-hydrogen) atoms. The Balaban J connectivity index is 2.68. The predicted octanol–water partition coefficient (Wildman–Crippen LogP) is 3.57. The van der Waals surface area contributed by atoms with E-state index in [0.29, 0.717) is 12.1 Å². The molecule has 1 rings (SSSR count). The monoisotopic (exact) mass is 279 g/mol. The Labute approximate surface area is 106 Å². The number of rotatable bonds is 5. The van der Waals surface area contributed by atoms with E-state index >= 15 is 0 Å². The summed E-state index contributed by atoms with van der Waals surface area (Å²) in [4.78, 5) is 10.8. The minimum Gasteiger partial charge on any atom is -0.480 e. The lowest BCUT2D eigenvalue weighted by Gasteiger charge is -2.14. The molecule has 0 radical (unpaired) electrons. The van der Waals surface area contributed by atoms with E-state index < -0.39 is 17.5 Å². The zero-order valence-electron chi connectivity index (χ0n) is 9.49. The van der Waals surface area contributed by atoms with Crippen molar-refractivity contribution in [3.63, 3.8) is 0 Å². The first kappa shape index (κ1) is 14.7. The molecule has 7 heteroatoms. The van der Waals surface area contributed by atoms with Crippen LogP contribution in [0.1, 0.15) is 13.3 Å². The van der Waals surface area contributed by atoms with Crippen LogP contribution in [0.15, 0.2) is 29.2 Å². The summed E-state index contributed by atoms with van der Waals surface area (Å²) in [5.41, 5.74) is -3.84. The molecule has 100 valence electrons. The molecule has 0 aliphatic carbocycles. The molecular formula is C11H12F3NO2S. The van der Waals surface area contributed by atoms with Crippen LogP contribution < -0.4 is 5.32 Å². The van der Waals surface area contributed by atoms with Crippen LogP contribution in [-0.2, 0) is 4.79 Å². The highest BCUT2D eigenvalue weighted by molar-refractivity contribution is 8.00. The van der Waals surface area contributed by atoms with Crippen LogP contribution in [-0.4, -0.2) is 22.6 Å². The lowest BCUT2D eigenvalue weighted by atomic mass is 10.2. The Bertz CT molecular complexity index is 406. The van der Waals surface area contributed by atoms with Crippen LogP contribution in [0.5, 0.6) is 0 Å². The van der Waals surface area contributed by atoms with Gasteiger partial charge in [0.2, 0.25) is 0 Å². The zero-order chi connectivity index (χ0) is 13.8. The molecule has 2 N–H and O–H groups in total. The normalized spacial score (nSPS) is 13.1. The standard InChI is InChI=1S/C11H12F3NO2S/c1-2-9(10(16)17)15-7-3-5-8(6-4-7)18-11(12,13)14/h3-6,9,15H,2H2,1H3,(H,16,17). The fourth-order valence-corrected chi connectivity index (χ4v) is 1.83. The first-order chi connectivity index (χ1) is 8.31. The molecule has 0 bridgehead atoms. The van der Waals surface area contributed by atoms with Gasteiger partial charge in [-0.3, -0.25) is 0 Å². The maximum Gasteiger partial charge on any atom is 0.446 e. The maximum absolute atomic E-state index is 12.1. The van der Waals surface area contributed by atoms with Crippen LogP contribution in [0.3, 0.4) is 0 Å². The number of carboxylic acid groups (broad SMARTS) is 1. The van der Waals surface area contributed by atoms with Crippen molar-refractivity contribution in [2.75, 3.05) is 5.32 Å². The molecule has 0 spiro atoms. The van der Waals surface area contributed by atoms with Gasteiger partial charge in [-0.2, -0.15) is 13.2 Å². The van der Waals surface area contributed by atoms with Gasteiger partial charge in [0.25, 0.3) is 0 Å². The summed E-state index contributed by atoms with van der Waals surface area (Å²) in [6, 6.07) is 4.72. The lowest BCUT2D eigenvalue weighted by Crippen LogP contribution is -2.28. The molecule has 0 fully saturated rings. The van der Waals surface area contributed by atoms with Crippen molar-refractivity contribution in [3.05, 3.63) is 24.3 Å². The van der Waals surface area contributed by atoms with Gasteiger partial charge in [-0.15, -0.1) is 0 Å². The molecule has 1 atom stereocenters. The van der Waals surface area contributed by atoms with Gasteiger partial charge in [-0.1, -0.05) is 6.92 Å². The van der Waals surface area contributed by atoms with Gasteiger partial charge in [-0.25, -0.2) is 4.79 Å². The smallest absolute Gasteiger partial charge is 0.446 e. The molecule has 3 nitrogen and oxygen atoms in total. The highest BCUT2D eigenvalue weighted by atomic mass is 32.2. The number of carbonyl (C=O) groups is 1. The molecule has 0 heterocycles. The van der Waals surface area contributed by atoms with Crippen LogP contribution in [0.2, 0.25) is 0 Å². The minimum absolute atomic E-state index is 0.0661. The molecule has 0 aromatic heterocycles. The average molecular weight is 279 g/mol. The molecule has 0 aliphatic rings. The van der Waals surface area contributed by atoms with Crippen LogP contribution in [0.25, 0.3) is 0 Å². The predicted molar refractivity (Wildman–Crippen MR) is 63.7 cm³/mol. The summed E-state index contributed by atoms with van der Waals surface area (Å²) >= 11 is -0.204. The lowest BCUT2D eigenvalue weighted by molar-refractivity contribution is -0.137. The van der Waals surface area contributed by atoms with E-state index in [1.807, 2.05) is 0 Å². The van der Waals surface area contributed by atoms with E-state index in [-0.39, 0.29) is 16.7 Å². The number of thioether (sulfide) groups is 1. The van der Waals surface area contributed by atoms with Crippen molar-refractivity contribution in [2.24, 2.45) is 0 Å².